The van der Waals surface area contributed by atoms with Crippen LogP contribution in [0, 0.1) is 0 Å². The lowest BCUT2D eigenvalue weighted by atomic mass is 9.92. The number of rotatable bonds is 1. The van der Waals surface area contributed by atoms with E-state index < -0.39 is 0 Å². The topological polar surface area (TPSA) is 24.9 Å². The Bertz CT molecular complexity index is 1100. The molecular weight excluding hydrogens is 292 g/mol. The van der Waals surface area contributed by atoms with Gasteiger partial charge in [-0.05, 0) is 29.0 Å². The fraction of sp³-hybridized carbons (Fsp3) is 0.136. The first-order valence-electron chi connectivity index (χ1n) is 8.44. The molecule has 0 amide bonds. The Morgan fingerprint density at radius 3 is 2.58 bits per heavy atom. The minimum atomic E-state index is 0.512. The first-order chi connectivity index (χ1) is 11.7. The normalized spacial score (nSPS) is 12.5. The highest BCUT2D eigenvalue weighted by Gasteiger charge is 2.21. The van der Waals surface area contributed by atoms with Crippen LogP contribution in [0.3, 0.4) is 0 Å². The molecule has 0 saturated carbocycles. The molecule has 1 aliphatic heterocycles. The molecule has 0 fully saturated rings. The summed E-state index contributed by atoms with van der Waals surface area (Å²) in [6, 6.07) is 19.6. The van der Waals surface area contributed by atoms with Crippen molar-refractivity contribution < 1.29 is 0 Å². The first-order valence-corrected chi connectivity index (χ1v) is 8.44. The van der Waals surface area contributed by atoms with Gasteiger partial charge in [-0.15, -0.1) is 0 Å². The van der Waals surface area contributed by atoms with Crippen LogP contribution in [-0.4, -0.2) is 4.98 Å². The second-order valence-corrected chi connectivity index (χ2v) is 6.82. The molecule has 3 aromatic carbocycles. The van der Waals surface area contributed by atoms with Crippen LogP contribution in [0.25, 0.3) is 32.8 Å². The van der Waals surface area contributed by atoms with Crippen LogP contribution in [0.5, 0.6) is 0 Å². The van der Waals surface area contributed by atoms with E-state index in [1.165, 1.54) is 38.4 Å². The van der Waals surface area contributed by atoms with Crippen LogP contribution in [0.1, 0.15) is 25.3 Å². The Hall–Kier alpha value is -2.87. The lowest BCUT2D eigenvalue weighted by molar-refractivity contribution is 0.869. The van der Waals surface area contributed by atoms with Crippen molar-refractivity contribution in [3.8, 4) is 11.3 Å². The molecular formula is C22H18N2. The molecule has 1 aromatic heterocycles. The van der Waals surface area contributed by atoms with Gasteiger partial charge in [0.05, 0.1) is 11.4 Å². The van der Waals surface area contributed by atoms with Crippen molar-refractivity contribution >= 4 is 32.9 Å². The quantitative estimate of drug-likeness (QED) is 0.396. The molecule has 0 spiro atoms. The molecule has 0 aliphatic carbocycles. The molecule has 24 heavy (non-hydrogen) atoms. The van der Waals surface area contributed by atoms with Gasteiger partial charge in [0, 0.05) is 33.6 Å². The third-order valence-corrected chi connectivity index (χ3v) is 5.00. The maximum absolute atomic E-state index is 4.78. The molecule has 0 saturated heterocycles. The van der Waals surface area contributed by atoms with Crippen molar-refractivity contribution in [1.29, 1.82) is 0 Å². The Kier molecular flexibility index (Phi) is 2.72. The van der Waals surface area contributed by atoms with Crippen LogP contribution >= 0.6 is 0 Å². The smallest absolute Gasteiger partial charge is 0.0950 e. The van der Waals surface area contributed by atoms with E-state index in [2.05, 4.69) is 73.8 Å². The summed E-state index contributed by atoms with van der Waals surface area (Å²) in [6.45, 7) is 4.47. The summed E-state index contributed by atoms with van der Waals surface area (Å²) >= 11 is 0. The Morgan fingerprint density at radius 1 is 0.917 bits per heavy atom. The second-order valence-electron chi connectivity index (χ2n) is 6.82. The predicted octanol–water partition coefficient (Wildman–Crippen LogP) is 6.24. The number of hydrogen-bond donors (Lipinski definition) is 1. The van der Waals surface area contributed by atoms with Crippen LogP contribution in [0.15, 0.2) is 60.8 Å². The van der Waals surface area contributed by atoms with E-state index in [1.54, 1.807) is 0 Å². The minimum absolute atomic E-state index is 0.512. The van der Waals surface area contributed by atoms with Gasteiger partial charge in [0.15, 0.2) is 0 Å². The summed E-state index contributed by atoms with van der Waals surface area (Å²) < 4.78 is 0. The van der Waals surface area contributed by atoms with Crippen molar-refractivity contribution in [1.82, 2.24) is 4.98 Å². The zero-order chi connectivity index (χ0) is 16.3. The second kappa shape index (κ2) is 4.81. The van der Waals surface area contributed by atoms with Gasteiger partial charge in [-0.2, -0.15) is 0 Å². The van der Waals surface area contributed by atoms with Crippen LogP contribution < -0.4 is 5.32 Å². The third kappa shape index (κ3) is 1.80. The van der Waals surface area contributed by atoms with E-state index in [4.69, 9.17) is 4.98 Å². The minimum Gasteiger partial charge on any atom is -0.353 e. The number of fused-ring (bicyclic) bond motifs is 4. The highest BCUT2D eigenvalue weighted by molar-refractivity contribution is 6.14. The molecule has 2 heteroatoms. The van der Waals surface area contributed by atoms with Gasteiger partial charge in [-0.25, -0.2) is 0 Å². The lowest BCUT2D eigenvalue weighted by Crippen LogP contribution is -2.04. The van der Waals surface area contributed by atoms with Crippen LogP contribution in [0.2, 0.25) is 0 Å². The van der Waals surface area contributed by atoms with E-state index >= 15 is 0 Å². The van der Waals surface area contributed by atoms with Crippen molar-refractivity contribution in [2.45, 2.75) is 19.8 Å². The molecule has 116 valence electrons. The largest absolute Gasteiger partial charge is 0.353 e. The fourth-order valence-corrected chi connectivity index (χ4v) is 3.70. The van der Waals surface area contributed by atoms with Gasteiger partial charge >= 0.3 is 0 Å². The third-order valence-electron chi connectivity index (χ3n) is 5.00. The van der Waals surface area contributed by atoms with E-state index in [1.807, 2.05) is 6.20 Å². The van der Waals surface area contributed by atoms with Crippen molar-refractivity contribution in [3.63, 3.8) is 0 Å². The summed E-state index contributed by atoms with van der Waals surface area (Å²) in [7, 11) is 0. The summed E-state index contributed by atoms with van der Waals surface area (Å²) in [4.78, 5) is 4.78. The molecule has 0 bridgehead atoms. The van der Waals surface area contributed by atoms with E-state index in [0.717, 1.165) is 11.4 Å². The average molecular weight is 310 g/mol. The van der Waals surface area contributed by atoms with Gasteiger partial charge in [0.1, 0.15) is 0 Å². The maximum Gasteiger partial charge on any atom is 0.0950 e. The van der Waals surface area contributed by atoms with Gasteiger partial charge in [-0.3, -0.25) is 4.98 Å². The van der Waals surface area contributed by atoms with Gasteiger partial charge in [-0.1, -0.05) is 56.3 Å². The molecule has 0 atom stereocenters. The standard InChI is InChI=1S/C22H18N2/c1-13(2)15-9-10-16-12-23-21-17-7-3-5-14-6-4-8-19(20(14)17)24-22(21)18(16)11-15/h3-13,24H,1-2H3. The zero-order valence-electron chi connectivity index (χ0n) is 13.8. The van der Waals surface area contributed by atoms with Gasteiger partial charge < -0.3 is 5.32 Å². The Balaban J connectivity index is 1.89. The monoisotopic (exact) mass is 310 g/mol. The maximum atomic E-state index is 4.78. The number of hydrogen-bond acceptors (Lipinski definition) is 2. The first kappa shape index (κ1) is 13.6. The fourth-order valence-electron chi connectivity index (χ4n) is 3.70. The van der Waals surface area contributed by atoms with Gasteiger partial charge in [0.2, 0.25) is 0 Å². The molecule has 0 unspecified atom stereocenters. The predicted molar refractivity (Wildman–Crippen MR) is 102 cm³/mol. The number of pyridine rings is 1. The molecule has 1 N–H and O–H groups in total. The lowest BCUT2D eigenvalue weighted by Gasteiger charge is -2.23. The number of nitrogens with zero attached hydrogens (tertiary/aromatic N) is 1. The molecule has 4 aromatic rings. The van der Waals surface area contributed by atoms with E-state index in [0.29, 0.717) is 5.92 Å². The molecule has 2 nitrogen and oxygen atoms in total. The van der Waals surface area contributed by atoms with Crippen molar-refractivity contribution in [3.05, 3.63) is 66.4 Å². The highest BCUT2D eigenvalue weighted by Crippen LogP contribution is 2.45. The summed E-state index contributed by atoms with van der Waals surface area (Å²) in [6.07, 6.45) is 1.99. The number of benzene rings is 3. The zero-order valence-corrected chi connectivity index (χ0v) is 13.8. The van der Waals surface area contributed by atoms with Crippen LogP contribution in [-0.2, 0) is 0 Å². The SMILES string of the molecule is CC(C)c1ccc2cnc3c(c2c1)Nc1cccc2cccc-3c12. The summed E-state index contributed by atoms with van der Waals surface area (Å²) in [5.74, 6) is 0.512. The number of aromatic nitrogens is 1. The molecule has 1 aliphatic rings. The van der Waals surface area contributed by atoms with Crippen molar-refractivity contribution in [2.24, 2.45) is 0 Å². The summed E-state index contributed by atoms with van der Waals surface area (Å²) in [5.41, 5.74) is 5.91. The number of anilines is 2. The summed E-state index contributed by atoms with van der Waals surface area (Å²) in [5, 5.41) is 8.59. The molecule has 5 rings (SSSR count). The van der Waals surface area contributed by atoms with Crippen LogP contribution in [0.4, 0.5) is 11.4 Å². The van der Waals surface area contributed by atoms with Gasteiger partial charge in [0.25, 0.3) is 0 Å². The van der Waals surface area contributed by atoms with E-state index in [9.17, 15) is 0 Å². The van der Waals surface area contributed by atoms with E-state index in [-0.39, 0.29) is 0 Å². The van der Waals surface area contributed by atoms with Crippen molar-refractivity contribution in [2.75, 3.05) is 5.32 Å². The molecule has 2 heterocycles. The Morgan fingerprint density at radius 2 is 1.75 bits per heavy atom. The Labute approximate surface area is 141 Å². The molecule has 0 radical (unpaired) electrons. The average Bonchev–Trinajstić information content (AvgIpc) is 2.61. The highest BCUT2D eigenvalue weighted by atomic mass is 14.9. The number of nitrogens with one attached hydrogen (secondary N) is 1.